The van der Waals surface area contributed by atoms with Crippen LogP contribution < -0.4 is 0 Å². The molecule has 3 nitrogen and oxygen atoms in total. The lowest BCUT2D eigenvalue weighted by molar-refractivity contribution is -0.176. The lowest BCUT2D eigenvalue weighted by atomic mass is 9.49. The van der Waals surface area contributed by atoms with Gasteiger partial charge in [-0.1, -0.05) is 6.08 Å². The fourth-order valence-corrected chi connectivity index (χ4v) is 4.75. The van der Waals surface area contributed by atoms with Crippen molar-refractivity contribution in [2.24, 2.45) is 23.2 Å². The SMILES string of the molecule is CC=C(C)C(=O)OC(=O)C12CC3CC(CC(C3)C1)C2. The average Bonchev–Trinajstić information content (AvgIpc) is 2.36. The van der Waals surface area contributed by atoms with E-state index in [-0.39, 0.29) is 11.4 Å². The Kier molecular flexibility index (Phi) is 3.03. The molecule has 0 spiro atoms. The molecular weight excluding hydrogens is 240 g/mol. The van der Waals surface area contributed by atoms with Gasteiger partial charge in [0.05, 0.1) is 5.41 Å². The van der Waals surface area contributed by atoms with Crippen LogP contribution in [0.4, 0.5) is 0 Å². The van der Waals surface area contributed by atoms with Gasteiger partial charge in [-0.05, 0) is 70.1 Å². The predicted octanol–water partition coefficient (Wildman–Crippen LogP) is 3.24. The zero-order chi connectivity index (χ0) is 13.6. The van der Waals surface area contributed by atoms with Gasteiger partial charge in [-0.2, -0.15) is 0 Å². The molecule has 4 aliphatic carbocycles. The monoisotopic (exact) mass is 262 g/mol. The highest BCUT2D eigenvalue weighted by Crippen LogP contribution is 2.60. The molecule has 4 bridgehead atoms. The Morgan fingerprint density at radius 2 is 1.53 bits per heavy atom. The molecule has 0 aliphatic heterocycles. The largest absolute Gasteiger partial charge is 0.389 e. The van der Waals surface area contributed by atoms with E-state index in [0.29, 0.717) is 23.3 Å². The van der Waals surface area contributed by atoms with Crippen molar-refractivity contribution >= 4 is 11.9 Å². The van der Waals surface area contributed by atoms with Crippen molar-refractivity contribution in [2.75, 3.05) is 0 Å². The second-order valence-corrected chi connectivity index (χ2v) is 6.85. The molecule has 0 atom stereocenters. The fourth-order valence-electron chi connectivity index (χ4n) is 4.75. The number of allylic oxidation sites excluding steroid dienone is 1. The summed E-state index contributed by atoms with van der Waals surface area (Å²) in [4.78, 5) is 24.2. The molecule has 0 heterocycles. The molecule has 4 rings (SSSR count). The number of ether oxygens (including phenoxy) is 1. The van der Waals surface area contributed by atoms with Crippen LogP contribution in [-0.4, -0.2) is 11.9 Å². The van der Waals surface area contributed by atoms with E-state index in [1.807, 2.05) is 0 Å². The molecule has 0 saturated heterocycles. The van der Waals surface area contributed by atoms with Gasteiger partial charge in [0.15, 0.2) is 0 Å². The minimum atomic E-state index is -0.469. The van der Waals surface area contributed by atoms with E-state index < -0.39 is 5.97 Å². The van der Waals surface area contributed by atoms with Crippen LogP contribution in [0.3, 0.4) is 0 Å². The first-order chi connectivity index (χ1) is 9.02. The van der Waals surface area contributed by atoms with Crippen molar-refractivity contribution in [3.05, 3.63) is 11.6 Å². The zero-order valence-corrected chi connectivity index (χ0v) is 11.8. The lowest BCUT2D eigenvalue weighted by Gasteiger charge is -2.54. The third-order valence-electron chi connectivity index (χ3n) is 5.41. The Bertz CT molecular complexity index is 412. The number of hydrogen-bond acceptors (Lipinski definition) is 3. The fraction of sp³-hybridized carbons (Fsp3) is 0.750. The van der Waals surface area contributed by atoms with Gasteiger partial charge >= 0.3 is 11.9 Å². The summed E-state index contributed by atoms with van der Waals surface area (Å²) in [6, 6.07) is 0. The summed E-state index contributed by atoms with van der Waals surface area (Å²) >= 11 is 0. The van der Waals surface area contributed by atoms with Gasteiger partial charge in [0.1, 0.15) is 0 Å². The minimum Gasteiger partial charge on any atom is -0.389 e. The second-order valence-electron chi connectivity index (χ2n) is 6.85. The van der Waals surface area contributed by atoms with Crippen LogP contribution in [0, 0.1) is 23.2 Å². The summed E-state index contributed by atoms with van der Waals surface area (Å²) in [7, 11) is 0. The molecule has 19 heavy (non-hydrogen) atoms. The van der Waals surface area contributed by atoms with E-state index in [1.165, 1.54) is 19.3 Å². The quantitative estimate of drug-likeness (QED) is 0.436. The molecule has 0 aromatic rings. The maximum atomic E-state index is 12.5. The maximum Gasteiger partial charge on any atom is 0.341 e. The van der Waals surface area contributed by atoms with Crippen molar-refractivity contribution < 1.29 is 14.3 Å². The highest BCUT2D eigenvalue weighted by Gasteiger charge is 2.55. The highest BCUT2D eigenvalue weighted by molar-refractivity contribution is 5.97. The van der Waals surface area contributed by atoms with E-state index in [2.05, 4.69) is 0 Å². The van der Waals surface area contributed by atoms with Gasteiger partial charge in [0.25, 0.3) is 0 Å². The highest BCUT2D eigenvalue weighted by atomic mass is 16.6. The van der Waals surface area contributed by atoms with Crippen LogP contribution in [0.2, 0.25) is 0 Å². The number of rotatable bonds is 2. The first-order valence-corrected chi connectivity index (χ1v) is 7.42. The molecule has 0 aromatic carbocycles. The summed E-state index contributed by atoms with van der Waals surface area (Å²) in [6.45, 7) is 3.47. The minimum absolute atomic E-state index is 0.252. The van der Waals surface area contributed by atoms with Crippen molar-refractivity contribution in [3.8, 4) is 0 Å². The molecule has 0 N–H and O–H groups in total. The van der Waals surface area contributed by atoms with Gasteiger partial charge in [-0.15, -0.1) is 0 Å². The number of carbonyl (C=O) groups excluding carboxylic acids is 2. The summed E-state index contributed by atoms with van der Waals surface area (Å²) < 4.78 is 5.14. The predicted molar refractivity (Wildman–Crippen MR) is 71.1 cm³/mol. The van der Waals surface area contributed by atoms with E-state index in [4.69, 9.17) is 4.74 Å². The van der Waals surface area contributed by atoms with Crippen LogP contribution in [0.5, 0.6) is 0 Å². The third kappa shape index (κ3) is 2.13. The topological polar surface area (TPSA) is 43.4 Å². The summed E-state index contributed by atoms with van der Waals surface area (Å²) in [5, 5.41) is 0. The first-order valence-electron chi connectivity index (χ1n) is 7.42. The van der Waals surface area contributed by atoms with Crippen molar-refractivity contribution in [1.82, 2.24) is 0 Å². The second kappa shape index (κ2) is 4.46. The number of carbonyl (C=O) groups is 2. The standard InChI is InChI=1S/C16H22O3/c1-3-10(2)14(17)19-15(18)16-7-11-4-12(8-16)6-13(5-11)9-16/h3,11-13H,4-9H2,1-2H3. The van der Waals surface area contributed by atoms with Gasteiger partial charge in [-0.25, -0.2) is 4.79 Å². The Balaban J connectivity index is 1.75. The molecule has 0 aromatic heterocycles. The van der Waals surface area contributed by atoms with Crippen molar-refractivity contribution in [2.45, 2.75) is 52.4 Å². The number of esters is 2. The van der Waals surface area contributed by atoms with E-state index in [0.717, 1.165) is 19.3 Å². The summed E-state index contributed by atoms with van der Waals surface area (Å²) in [5.41, 5.74) is 0.177. The smallest absolute Gasteiger partial charge is 0.341 e. The number of hydrogen-bond donors (Lipinski definition) is 0. The first kappa shape index (κ1) is 12.9. The normalized spacial score (nSPS) is 40.3. The van der Waals surface area contributed by atoms with Crippen molar-refractivity contribution in [3.63, 3.8) is 0 Å². The molecule has 0 unspecified atom stereocenters. The van der Waals surface area contributed by atoms with E-state index in [9.17, 15) is 9.59 Å². The Morgan fingerprint density at radius 3 is 1.95 bits per heavy atom. The lowest BCUT2D eigenvalue weighted by Crippen LogP contribution is -2.51. The van der Waals surface area contributed by atoms with Crippen LogP contribution in [0.1, 0.15) is 52.4 Å². The maximum absolute atomic E-state index is 12.5. The van der Waals surface area contributed by atoms with Crippen LogP contribution >= 0.6 is 0 Å². The third-order valence-corrected chi connectivity index (χ3v) is 5.41. The summed E-state index contributed by atoms with van der Waals surface area (Å²) in [5.74, 6) is 1.35. The Labute approximate surface area is 114 Å². The van der Waals surface area contributed by atoms with Gasteiger partial charge in [-0.3, -0.25) is 4.79 Å². The molecule has 3 heteroatoms. The Morgan fingerprint density at radius 1 is 1.05 bits per heavy atom. The molecule has 104 valence electrons. The molecule has 0 radical (unpaired) electrons. The van der Waals surface area contributed by atoms with Crippen LogP contribution in [0.15, 0.2) is 11.6 Å². The average molecular weight is 262 g/mol. The van der Waals surface area contributed by atoms with Crippen LogP contribution in [-0.2, 0) is 14.3 Å². The van der Waals surface area contributed by atoms with Crippen molar-refractivity contribution in [1.29, 1.82) is 0 Å². The van der Waals surface area contributed by atoms with Gasteiger partial charge in [0.2, 0.25) is 0 Å². The van der Waals surface area contributed by atoms with E-state index >= 15 is 0 Å². The summed E-state index contributed by atoms with van der Waals surface area (Å²) in [6.07, 6.45) is 8.38. The molecule has 4 aliphatic rings. The van der Waals surface area contributed by atoms with Gasteiger partial charge in [0, 0.05) is 5.57 Å². The molecular formula is C16H22O3. The molecule has 4 saturated carbocycles. The molecule has 4 fully saturated rings. The molecule has 0 amide bonds. The van der Waals surface area contributed by atoms with Crippen LogP contribution in [0.25, 0.3) is 0 Å². The van der Waals surface area contributed by atoms with E-state index in [1.54, 1.807) is 19.9 Å². The Hall–Kier alpha value is -1.12. The van der Waals surface area contributed by atoms with Gasteiger partial charge < -0.3 is 4.74 Å². The zero-order valence-electron chi connectivity index (χ0n) is 11.8.